The Hall–Kier alpha value is -0.930. The van der Waals surface area contributed by atoms with E-state index in [9.17, 15) is 9.90 Å². The van der Waals surface area contributed by atoms with Crippen molar-refractivity contribution in [1.82, 2.24) is 0 Å². The number of benzene rings is 1. The standard InChI is InChI=1S/C12H15Cl2NO2/c1-7(2)3-4-11(16)15-8-5-9(13)12(17)10(14)6-8/h5-7,17H,3-4H2,1-2H3,(H,15,16). The fraction of sp³-hybridized carbons (Fsp3) is 0.417. The quantitative estimate of drug-likeness (QED) is 0.814. The Balaban J connectivity index is 2.66. The molecular formula is C12H15Cl2NO2. The molecule has 5 heteroatoms. The van der Waals surface area contributed by atoms with Crippen LogP contribution >= 0.6 is 23.2 Å². The average molecular weight is 276 g/mol. The summed E-state index contributed by atoms with van der Waals surface area (Å²) in [5, 5.41) is 12.3. The van der Waals surface area contributed by atoms with Crippen molar-refractivity contribution in [3.8, 4) is 5.75 Å². The van der Waals surface area contributed by atoms with Gasteiger partial charge in [0.25, 0.3) is 0 Å². The van der Waals surface area contributed by atoms with E-state index in [1.807, 2.05) is 0 Å². The molecule has 0 radical (unpaired) electrons. The third-order valence-corrected chi connectivity index (χ3v) is 2.83. The van der Waals surface area contributed by atoms with Crippen LogP contribution in [0, 0.1) is 5.92 Å². The van der Waals surface area contributed by atoms with Gasteiger partial charge in [0, 0.05) is 12.1 Å². The Morgan fingerprint density at radius 3 is 2.35 bits per heavy atom. The van der Waals surface area contributed by atoms with Crippen LogP contribution < -0.4 is 5.32 Å². The second-order valence-corrected chi connectivity index (χ2v) is 5.08. The van der Waals surface area contributed by atoms with Gasteiger partial charge in [-0.05, 0) is 24.5 Å². The molecule has 1 aromatic carbocycles. The van der Waals surface area contributed by atoms with E-state index in [-0.39, 0.29) is 21.7 Å². The van der Waals surface area contributed by atoms with Gasteiger partial charge in [-0.1, -0.05) is 37.0 Å². The number of halogens is 2. The van der Waals surface area contributed by atoms with E-state index >= 15 is 0 Å². The summed E-state index contributed by atoms with van der Waals surface area (Å²) in [6.07, 6.45) is 1.28. The molecular weight excluding hydrogens is 261 g/mol. The van der Waals surface area contributed by atoms with Gasteiger partial charge in [0.05, 0.1) is 10.0 Å². The molecule has 0 saturated heterocycles. The van der Waals surface area contributed by atoms with Gasteiger partial charge in [-0.15, -0.1) is 0 Å². The molecule has 2 N–H and O–H groups in total. The van der Waals surface area contributed by atoms with E-state index in [2.05, 4.69) is 19.2 Å². The van der Waals surface area contributed by atoms with Crippen molar-refractivity contribution in [2.24, 2.45) is 5.92 Å². The Morgan fingerprint density at radius 2 is 1.88 bits per heavy atom. The van der Waals surface area contributed by atoms with Crippen LogP contribution in [-0.2, 0) is 4.79 Å². The number of phenolic OH excluding ortho intramolecular Hbond substituents is 1. The fourth-order valence-electron chi connectivity index (χ4n) is 1.28. The molecule has 0 fully saturated rings. The van der Waals surface area contributed by atoms with Crippen molar-refractivity contribution in [3.05, 3.63) is 22.2 Å². The van der Waals surface area contributed by atoms with Crippen LogP contribution in [0.2, 0.25) is 10.0 Å². The largest absolute Gasteiger partial charge is 0.505 e. The first kappa shape index (κ1) is 14.1. The van der Waals surface area contributed by atoms with Gasteiger partial charge in [0.2, 0.25) is 5.91 Å². The van der Waals surface area contributed by atoms with E-state index < -0.39 is 0 Å². The highest BCUT2D eigenvalue weighted by Gasteiger charge is 2.09. The van der Waals surface area contributed by atoms with Crippen molar-refractivity contribution in [2.45, 2.75) is 26.7 Å². The maximum atomic E-state index is 11.6. The average Bonchev–Trinajstić information content (AvgIpc) is 2.23. The summed E-state index contributed by atoms with van der Waals surface area (Å²) in [7, 11) is 0. The van der Waals surface area contributed by atoms with E-state index in [1.165, 1.54) is 12.1 Å². The zero-order valence-electron chi connectivity index (χ0n) is 9.76. The van der Waals surface area contributed by atoms with Crippen LogP contribution in [0.3, 0.4) is 0 Å². The Kier molecular flexibility index (Phi) is 5.09. The van der Waals surface area contributed by atoms with Gasteiger partial charge in [-0.2, -0.15) is 0 Å². The Morgan fingerprint density at radius 1 is 1.35 bits per heavy atom. The SMILES string of the molecule is CC(C)CCC(=O)Nc1cc(Cl)c(O)c(Cl)c1. The topological polar surface area (TPSA) is 49.3 Å². The van der Waals surface area contributed by atoms with Gasteiger partial charge in [-0.3, -0.25) is 4.79 Å². The summed E-state index contributed by atoms with van der Waals surface area (Å²) in [6.45, 7) is 4.11. The highest BCUT2D eigenvalue weighted by Crippen LogP contribution is 2.34. The maximum Gasteiger partial charge on any atom is 0.224 e. The number of nitrogens with one attached hydrogen (secondary N) is 1. The third-order valence-electron chi connectivity index (χ3n) is 2.25. The van der Waals surface area contributed by atoms with Crippen molar-refractivity contribution in [3.63, 3.8) is 0 Å². The number of rotatable bonds is 4. The second-order valence-electron chi connectivity index (χ2n) is 4.27. The Bertz CT molecular complexity index is 396. The van der Waals surface area contributed by atoms with Gasteiger partial charge in [-0.25, -0.2) is 0 Å². The lowest BCUT2D eigenvalue weighted by Gasteiger charge is -2.08. The number of hydrogen-bond donors (Lipinski definition) is 2. The highest BCUT2D eigenvalue weighted by atomic mass is 35.5. The normalized spacial score (nSPS) is 10.6. The van der Waals surface area contributed by atoms with E-state index in [4.69, 9.17) is 23.2 Å². The van der Waals surface area contributed by atoms with Crippen LogP contribution in [0.25, 0.3) is 0 Å². The lowest BCUT2D eigenvalue weighted by molar-refractivity contribution is -0.116. The molecule has 0 aliphatic rings. The minimum Gasteiger partial charge on any atom is -0.505 e. The number of anilines is 1. The van der Waals surface area contributed by atoms with Crippen LogP contribution in [0.4, 0.5) is 5.69 Å². The number of aromatic hydroxyl groups is 1. The molecule has 1 rings (SSSR count). The van der Waals surface area contributed by atoms with Crippen LogP contribution in [0.1, 0.15) is 26.7 Å². The van der Waals surface area contributed by atoms with Gasteiger partial charge < -0.3 is 10.4 Å². The van der Waals surface area contributed by atoms with Crippen molar-refractivity contribution < 1.29 is 9.90 Å². The zero-order chi connectivity index (χ0) is 13.0. The number of carbonyl (C=O) groups is 1. The van der Waals surface area contributed by atoms with Crippen LogP contribution in [0.15, 0.2) is 12.1 Å². The van der Waals surface area contributed by atoms with E-state index in [0.717, 1.165) is 6.42 Å². The summed E-state index contributed by atoms with van der Waals surface area (Å²) in [6, 6.07) is 2.94. The van der Waals surface area contributed by atoms with Crippen molar-refractivity contribution in [2.75, 3.05) is 5.32 Å². The third kappa shape index (κ3) is 4.44. The molecule has 0 spiro atoms. The first-order valence-corrected chi connectivity index (χ1v) is 6.13. The molecule has 0 aliphatic carbocycles. The van der Waals surface area contributed by atoms with Crippen molar-refractivity contribution >= 4 is 34.8 Å². The molecule has 0 aliphatic heterocycles. The predicted molar refractivity (Wildman–Crippen MR) is 70.8 cm³/mol. The number of amides is 1. The maximum absolute atomic E-state index is 11.6. The zero-order valence-corrected chi connectivity index (χ0v) is 11.3. The molecule has 0 unspecified atom stereocenters. The number of hydrogen-bond acceptors (Lipinski definition) is 2. The summed E-state index contributed by atoms with van der Waals surface area (Å²) >= 11 is 11.5. The lowest BCUT2D eigenvalue weighted by atomic mass is 10.1. The van der Waals surface area contributed by atoms with Crippen molar-refractivity contribution in [1.29, 1.82) is 0 Å². The molecule has 1 aromatic rings. The molecule has 0 heterocycles. The molecule has 0 atom stereocenters. The molecule has 0 bridgehead atoms. The monoisotopic (exact) mass is 275 g/mol. The molecule has 17 heavy (non-hydrogen) atoms. The van der Waals surface area contributed by atoms with Crippen LogP contribution in [-0.4, -0.2) is 11.0 Å². The predicted octanol–water partition coefficient (Wildman–Crippen LogP) is 4.07. The smallest absolute Gasteiger partial charge is 0.224 e. The van der Waals surface area contributed by atoms with E-state index in [0.29, 0.717) is 18.0 Å². The summed E-state index contributed by atoms with van der Waals surface area (Å²) in [5.74, 6) is 0.220. The first-order valence-electron chi connectivity index (χ1n) is 5.38. The summed E-state index contributed by atoms with van der Waals surface area (Å²) < 4.78 is 0. The number of carbonyl (C=O) groups excluding carboxylic acids is 1. The highest BCUT2D eigenvalue weighted by molar-refractivity contribution is 6.37. The lowest BCUT2D eigenvalue weighted by Crippen LogP contribution is -2.12. The van der Waals surface area contributed by atoms with E-state index in [1.54, 1.807) is 0 Å². The molecule has 3 nitrogen and oxygen atoms in total. The fourth-order valence-corrected chi connectivity index (χ4v) is 1.77. The molecule has 1 amide bonds. The molecule has 0 aromatic heterocycles. The van der Waals surface area contributed by atoms with Gasteiger partial charge in [0.15, 0.2) is 5.75 Å². The summed E-state index contributed by atoms with van der Waals surface area (Å²) in [4.78, 5) is 11.6. The van der Waals surface area contributed by atoms with Crippen LogP contribution in [0.5, 0.6) is 5.75 Å². The summed E-state index contributed by atoms with van der Waals surface area (Å²) in [5.41, 5.74) is 0.492. The molecule has 94 valence electrons. The van der Waals surface area contributed by atoms with Gasteiger partial charge >= 0.3 is 0 Å². The second kappa shape index (κ2) is 6.12. The molecule has 0 saturated carbocycles. The van der Waals surface area contributed by atoms with Gasteiger partial charge in [0.1, 0.15) is 0 Å². The number of phenols is 1. The minimum absolute atomic E-state index is 0.0866. The minimum atomic E-state index is -0.173. The first-order chi connectivity index (χ1) is 7.90. The Labute approximate surface area is 111 Å².